The Labute approximate surface area is 232 Å². The average Bonchev–Trinajstić information content (AvgIpc) is 2.88. The maximum absolute atomic E-state index is 12.3. The molecule has 0 saturated carbocycles. The highest BCUT2D eigenvalue weighted by Crippen LogP contribution is 2.67. The van der Waals surface area contributed by atoms with Crippen LogP contribution in [0.15, 0.2) is 42.5 Å². The van der Waals surface area contributed by atoms with Gasteiger partial charge >= 0.3 is 14.1 Å². The van der Waals surface area contributed by atoms with Crippen LogP contribution in [0.2, 0.25) is 0 Å². The summed E-state index contributed by atoms with van der Waals surface area (Å²) in [5, 5.41) is 0. The first kappa shape index (κ1) is 32.9. The molecule has 0 amide bonds. The number of esters is 1. The van der Waals surface area contributed by atoms with Gasteiger partial charge in [0.1, 0.15) is 6.10 Å². The van der Waals surface area contributed by atoms with Gasteiger partial charge in [-0.25, -0.2) is 0 Å². The summed E-state index contributed by atoms with van der Waals surface area (Å²) in [6.45, 7) is 8.15. The number of allylic oxidation sites excluding steroid dienone is 2. The summed E-state index contributed by atoms with van der Waals surface area (Å²) < 4.78 is 22.5. The standard InChI is InChI=1S/C31H52O6P/c1-5-6-7-8-9-10-11-12-13-14-15-16-17-18-22-25-29(32)35-27(2)36-38(33)34-26-31(3,4)30(37-38)28-23-20-19-21-24-28/h12-13,19-21,23-24,27,30,33H,5-11,14-18,22,25-26H2,1-4H3. The molecule has 1 aliphatic rings. The van der Waals surface area contributed by atoms with Crippen LogP contribution in [0.4, 0.5) is 0 Å². The molecule has 38 heavy (non-hydrogen) atoms. The molecule has 3 unspecified atom stereocenters. The highest BCUT2D eigenvalue weighted by molar-refractivity contribution is 7.55. The lowest BCUT2D eigenvalue weighted by atomic mass is 9.83. The van der Waals surface area contributed by atoms with E-state index in [0.29, 0.717) is 6.42 Å². The fraction of sp³-hybridized carbons (Fsp3) is 0.710. The molecule has 6 nitrogen and oxygen atoms in total. The summed E-state index contributed by atoms with van der Waals surface area (Å²) in [6, 6.07) is 9.72. The van der Waals surface area contributed by atoms with E-state index in [0.717, 1.165) is 31.2 Å². The Kier molecular flexibility index (Phi) is 15.7. The van der Waals surface area contributed by atoms with Gasteiger partial charge in [0, 0.05) is 11.8 Å². The van der Waals surface area contributed by atoms with Crippen LogP contribution in [0.3, 0.4) is 0 Å². The van der Waals surface area contributed by atoms with Crippen LogP contribution >= 0.6 is 8.17 Å². The van der Waals surface area contributed by atoms with Crippen molar-refractivity contribution in [2.45, 2.75) is 130 Å². The lowest BCUT2D eigenvalue weighted by Crippen LogP contribution is -2.36. The normalized spacial score (nSPS) is 22.0. The summed E-state index contributed by atoms with van der Waals surface area (Å²) >= 11 is 0. The van der Waals surface area contributed by atoms with E-state index in [2.05, 4.69) is 19.1 Å². The molecule has 0 aliphatic carbocycles. The first-order valence-electron chi connectivity index (χ1n) is 14.8. The van der Waals surface area contributed by atoms with Crippen LogP contribution in [0.1, 0.15) is 129 Å². The zero-order valence-electron chi connectivity index (χ0n) is 24.2. The van der Waals surface area contributed by atoms with E-state index in [1.165, 1.54) is 57.8 Å². The second-order valence-electron chi connectivity index (χ2n) is 11.1. The summed E-state index contributed by atoms with van der Waals surface area (Å²) in [7, 11) is -3.62. The van der Waals surface area contributed by atoms with Crippen LogP contribution in [0.25, 0.3) is 0 Å². The highest BCUT2D eigenvalue weighted by Gasteiger charge is 2.48. The third-order valence-electron chi connectivity index (χ3n) is 6.87. The molecule has 3 atom stereocenters. The van der Waals surface area contributed by atoms with Gasteiger partial charge in [-0.05, 0) is 44.6 Å². The lowest BCUT2D eigenvalue weighted by molar-refractivity contribution is -0.169. The van der Waals surface area contributed by atoms with Gasteiger partial charge in [-0.2, -0.15) is 0 Å². The smallest absolute Gasteiger partial charge is 0.381 e. The van der Waals surface area contributed by atoms with E-state index in [1.807, 2.05) is 44.2 Å². The van der Waals surface area contributed by atoms with Crippen molar-refractivity contribution in [1.29, 1.82) is 0 Å². The zero-order valence-corrected chi connectivity index (χ0v) is 25.1. The van der Waals surface area contributed by atoms with Crippen molar-refractivity contribution >= 4 is 14.1 Å². The number of ether oxygens (including phenoxy) is 1. The number of benzene rings is 1. The van der Waals surface area contributed by atoms with Gasteiger partial charge in [-0.3, -0.25) is 18.4 Å². The molecule has 1 aliphatic heterocycles. The van der Waals surface area contributed by atoms with Crippen molar-refractivity contribution in [3.8, 4) is 0 Å². The summed E-state index contributed by atoms with van der Waals surface area (Å²) in [5.41, 5.74) is 0.595. The van der Waals surface area contributed by atoms with E-state index < -0.39 is 20.6 Å². The van der Waals surface area contributed by atoms with E-state index >= 15 is 0 Å². The van der Waals surface area contributed by atoms with E-state index in [-0.39, 0.29) is 18.0 Å². The third-order valence-corrected chi connectivity index (χ3v) is 8.37. The molecule has 1 fully saturated rings. The summed E-state index contributed by atoms with van der Waals surface area (Å²) in [6.07, 6.45) is 19.4. The minimum Gasteiger partial charge on any atom is -0.436 e. The molecule has 1 aromatic rings. The number of hydrogen-bond donors (Lipinski definition) is 1. The number of unbranched alkanes of at least 4 members (excludes halogenated alkanes) is 11. The monoisotopic (exact) mass is 551 g/mol. The minimum atomic E-state index is -3.62. The second kappa shape index (κ2) is 18.1. The Morgan fingerprint density at radius 3 is 2.21 bits per heavy atom. The molecular formula is C31H52O6P. The van der Waals surface area contributed by atoms with Gasteiger partial charge in [-0.15, -0.1) is 0 Å². The molecule has 1 heterocycles. The van der Waals surface area contributed by atoms with Crippen LogP contribution in [0, 0.1) is 5.41 Å². The molecule has 0 spiro atoms. The second-order valence-corrected chi connectivity index (χ2v) is 12.7. The Morgan fingerprint density at radius 1 is 1.00 bits per heavy atom. The van der Waals surface area contributed by atoms with Crippen molar-refractivity contribution in [2.24, 2.45) is 5.41 Å². The number of carbonyl (C=O) groups excluding carboxylic acids is 1. The topological polar surface area (TPSA) is 74.2 Å². The van der Waals surface area contributed by atoms with Crippen LogP contribution < -0.4 is 0 Å². The lowest BCUT2D eigenvalue weighted by Gasteiger charge is -2.45. The first-order valence-corrected chi connectivity index (χ1v) is 16.3. The van der Waals surface area contributed by atoms with Crippen molar-refractivity contribution in [2.75, 3.05) is 6.61 Å². The predicted molar refractivity (Wildman–Crippen MR) is 155 cm³/mol. The third kappa shape index (κ3) is 13.2. The Hall–Kier alpha value is -1.30. The average molecular weight is 552 g/mol. The number of hydrogen-bond acceptors (Lipinski definition) is 6. The molecule has 217 valence electrons. The van der Waals surface area contributed by atoms with Crippen molar-refractivity contribution in [3.63, 3.8) is 0 Å². The van der Waals surface area contributed by atoms with Gasteiger partial charge in [0.15, 0.2) is 0 Å². The van der Waals surface area contributed by atoms with Gasteiger partial charge in [0.25, 0.3) is 0 Å². The van der Waals surface area contributed by atoms with Crippen molar-refractivity contribution in [1.82, 2.24) is 0 Å². The maximum Gasteiger partial charge on any atom is 0.381 e. The molecule has 0 aromatic heterocycles. The van der Waals surface area contributed by atoms with Gasteiger partial charge < -0.3 is 9.63 Å². The summed E-state index contributed by atoms with van der Waals surface area (Å²) in [4.78, 5) is 23.1. The van der Waals surface area contributed by atoms with E-state index in [1.54, 1.807) is 6.92 Å². The van der Waals surface area contributed by atoms with Gasteiger partial charge in [-0.1, -0.05) is 115 Å². The number of rotatable bonds is 19. The van der Waals surface area contributed by atoms with Crippen molar-refractivity contribution in [3.05, 3.63) is 48.0 Å². The zero-order chi connectivity index (χ0) is 27.7. The number of carbonyl (C=O) groups is 1. The first-order chi connectivity index (χ1) is 18.3. The molecule has 1 radical (unpaired) electrons. The molecule has 1 N–H and O–H groups in total. The Bertz CT molecular complexity index is 799. The van der Waals surface area contributed by atoms with Crippen molar-refractivity contribution < 1.29 is 28.0 Å². The molecule has 1 aromatic carbocycles. The van der Waals surface area contributed by atoms with Crippen LogP contribution in [-0.2, 0) is 23.1 Å². The molecular weight excluding hydrogens is 499 g/mol. The fourth-order valence-corrected chi connectivity index (χ4v) is 6.38. The SMILES string of the molecule is CCCCCCCCC=CCCCCCCCC(=O)OC(C)O[P]1(O)OCC(C)(C)C(c2ccccc2)O1. The molecule has 1 saturated heterocycles. The maximum atomic E-state index is 12.3. The van der Waals surface area contributed by atoms with Crippen LogP contribution in [-0.4, -0.2) is 23.8 Å². The molecule has 0 bridgehead atoms. The van der Waals surface area contributed by atoms with Crippen LogP contribution in [0.5, 0.6) is 0 Å². The summed E-state index contributed by atoms with van der Waals surface area (Å²) in [5.74, 6) is -0.335. The Morgan fingerprint density at radius 2 is 1.58 bits per heavy atom. The quantitative estimate of drug-likeness (QED) is 0.0607. The Balaban J connectivity index is 1.54. The molecule has 2 rings (SSSR count). The van der Waals surface area contributed by atoms with E-state index in [9.17, 15) is 9.69 Å². The predicted octanol–water partition coefficient (Wildman–Crippen LogP) is 9.41. The van der Waals surface area contributed by atoms with E-state index in [4.69, 9.17) is 18.3 Å². The largest absolute Gasteiger partial charge is 0.436 e. The highest BCUT2D eigenvalue weighted by atomic mass is 31.2. The fourth-order valence-electron chi connectivity index (χ4n) is 4.62. The molecule has 7 heteroatoms. The van der Waals surface area contributed by atoms with Gasteiger partial charge in [0.05, 0.1) is 6.61 Å². The van der Waals surface area contributed by atoms with Gasteiger partial charge in [0.2, 0.25) is 6.29 Å². The minimum absolute atomic E-state index is 0.270.